The lowest BCUT2D eigenvalue weighted by Gasteiger charge is -2.34. The van der Waals surface area contributed by atoms with Crippen LogP contribution in [0.5, 0.6) is 0 Å². The topological polar surface area (TPSA) is 41.5 Å². The number of rotatable bonds is 10. The van der Waals surface area contributed by atoms with Crippen LogP contribution in [0.4, 0.5) is 0 Å². The molecule has 2 atom stereocenters. The highest BCUT2D eigenvalue weighted by molar-refractivity contribution is 4.86. The summed E-state index contributed by atoms with van der Waals surface area (Å²) >= 11 is 0. The molecule has 0 fully saturated rings. The monoisotopic (exact) mass is 231 g/mol. The molecule has 0 radical (unpaired) electrons. The van der Waals surface area contributed by atoms with Crippen molar-refractivity contribution in [1.29, 1.82) is 0 Å². The molecule has 0 bridgehead atoms. The van der Waals surface area contributed by atoms with Gasteiger partial charge in [0.1, 0.15) is 0 Å². The first kappa shape index (κ1) is 15.9. The normalized spacial score (nSPS) is 17.1. The van der Waals surface area contributed by atoms with Crippen molar-refractivity contribution >= 4 is 0 Å². The highest BCUT2D eigenvalue weighted by Crippen LogP contribution is 2.14. The van der Waals surface area contributed by atoms with E-state index in [2.05, 4.69) is 26.1 Å². The number of methoxy groups -OCH3 is 1. The molecule has 0 saturated carbocycles. The fourth-order valence-electron chi connectivity index (χ4n) is 2.07. The van der Waals surface area contributed by atoms with Crippen LogP contribution in [0, 0.1) is 0 Å². The second-order valence-electron chi connectivity index (χ2n) is 4.86. The molecule has 16 heavy (non-hydrogen) atoms. The molecule has 0 aliphatic heterocycles. The van der Waals surface area contributed by atoms with Crippen LogP contribution in [-0.2, 0) is 4.74 Å². The van der Waals surface area contributed by atoms with Crippen LogP contribution in [0.1, 0.15) is 52.9 Å². The second kappa shape index (κ2) is 8.97. The van der Waals surface area contributed by atoms with E-state index in [1.54, 1.807) is 7.11 Å². The number of aliphatic hydroxyl groups excluding tert-OH is 1. The van der Waals surface area contributed by atoms with E-state index in [0.717, 1.165) is 12.8 Å². The summed E-state index contributed by atoms with van der Waals surface area (Å²) in [6.07, 6.45) is 5.57. The third-order valence-corrected chi connectivity index (χ3v) is 3.08. The van der Waals surface area contributed by atoms with Crippen LogP contribution in [0.25, 0.3) is 0 Å². The molecule has 0 aromatic rings. The zero-order chi connectivity index (χ0) is 12.4. The molecule has 0 amide bonds. The van der Waals surface area contributed by atoms with Gasteiger partial charge >= 0.3 is 0 Å². The van der Waals surface area contributed by atoms with E-state index >= 15 is 0 Å². The Balaban J connectivity index is 4.21. The summed E-state index contributed by atoms with van der Waals surface area (Å²) < 4.78 is 5.24. The standard InChI is InChI=1S/C13H29NO2/c1-5-7-8-12(6-2)14-13(3,9-10-15)11-16-4/h12,14-15H,5-11H2,1-4H3. The van der Waals surface area contributed by atoms with Crippen molar-refractivity contribution in [1.82, 2.24) is 5.32 Å². The average Bonchev–Trinajstić information content (AvgIpc) is 2.25. The Kier molecular flexibility index (Phi) is 8.90. The maximum absolute atomic E-state index is 9.09. The van der Waals surface area contributed by atoms with Crippen LogP contribution < -0.4 is 5.32 Å². The summed E-state index contributed by atoms with van der Waals surface area (Å²) in [5.41, 5.74) is -0.0993. The maximum atomic E-state index is 9.09. The van der Waals surface area contributed by atoms with Crippen molar-refractivity contribution in [3.05, 3.63) is 0 Å². The van der Waals surface area contributed by atoms with Crippen molar-refractivity contribution < 1.29 is 9.84 Å². The fourth-order valence-corrected chi connectivity index (χ4v) is 2.07. The third kappa shape index (κ3) is 6.46. The third-order valence-electron chi connectivity index (χ3n) is 3.08. The largest absolute Gasteiger partial charge is 0.396 e. The van der Waals surface area contributed by atoms with Crippen LogP contribution in [0.3, 0.4) is 0 Å². The highest BCUT2D eigenvalue weighted by atomic mass is 16.5. The van der Waals surface area contributed by atoms with E-state index in [1.807, 2.05) is 0 Å². The number of hydrogen-bond donors (Lipinski definition) is 2. The number of unbranched alkanes of at least 4 members (excludes halogenated alkanes) is 1. The molecule has 0 spiro atoms. The number of ether oxygens (including phenoxy) is 1. The van der Waals surface area contributed by atoms with Gasteiger partial charge in [-0.15, -0.1) is 0 Å². The highest BCUT2D eigenvalue weighted by Gasteiger charge is 2.25. The Labute approximate surface area is 101 Å². The van der Waals surface area contributed by atoms with Gasteiger partial charge in [0.2, 0.25) is 0 Å². The minimum atomic E-state index is -0.0993. The number of hydrogen-bond acceptors (Lipinski definition) is 3. The van der Waals surface area contributed by atoms with E-state index in [1.165, 1.54) is 19.3 Å². The number of nitrogens with one attached hydrogen (secondary N) is 1. The van der Waals surface area contributed by atoms with Crippen LogP contribution in [0.2, 0.25) is 0 Å². The first-order valence-electron chi connectivity index (χ1n) is 6.49. The average molecular weight is 231 g/mol. The summed E-state index contributed by atoms with van der Waals surface area (Å²) in [6, 6.07) is 0.534. The van der Waals surface area contributed by atoms with Crippen molar-refractivity contribution in [3.8, 4) is 0 Å². The van der Waals surface area contributed by atoms with Gasteiger partial charge in [-0.3, -0.25) is 0 Å². The SMILES string of the molecule is CCCCC(CC)NC(C)(CCO)COC. The van der Waals surface area contributed by atoms with Crippen molar-refractivity contribution in [2.45, 2.75) is 64.5 Å². The molecule has 0 saturated heterocycles. The number of aliphatic hydroxyl groups is 1. The Bertz CT molecular complexity index is 156. The van der Waals surface area contributed by atoms with Crippen LogP contribution in [-0.4, -0.2) is 37.0 Å². The van der Waals surface area contributed by atoms with E-state index in [0.29, 0.717) is 12.6 Å². The van der Waals surface area contributed by atoms with Gasteiger partial charge in [0.15, 0.2) is 0 Å². The van der Waals surface area contributed by atoms with E-state index < -0.39 is 0 Å². The molecule has 2 unspecified atom stereocenters. The molecule has 2 N–H and O–H groups in total. The van der Waals surface area contributed by atoms with Gasteiger partial charge in [0, 0.05) is 25.3 Å². The van der Waals surface area contributed by atoms with Gasteiger partial charge < -0.3 is 15.2 Å². The second-order valence-corrected chi connectivity index (χ2v) is 4.86. The van der Waals surface area contributed by atoms with Gasteiger partial charge in [-0.05, 0) is 26.2 Å². The molecule has 0 aromatic heterocycles. The summed E-state index contributed by atoms with van der Waals surface area (Å²) in [4.78, 5) is 0. The predicted octanol–water partition coefficient (Wildman–Crippen LogP) is 2.33. The molecule has 0 heterocycles. The Hall–Kier alpha value is -0.120. The lowest BCUT2D eigenvalue weighted by Crippen LogP contribution is -2.51. The minimum Gasteiger partial charge on any atom is -0.396 e. The van der Waals surface area contributed by atoms with E-state index in [9.17, 15) is 0 Å². The summed E-state index contributed by atoms with van der Waals surface area (Å²) in [6.45, 7) is 7.41. The molecular weight excluding hydrogens is 202 g/mol. The van der Waals surface area contributed by atoms with Gasteiger partial charge in [0.05, 0.1) is 6.61 Å². The fraction of sp³-hybridized carbons (Fsp3) is 1.00. The minimum absolute atomic E-state index is 0.0993. The molecule has 0 aliphatic carbocycles. The smallest absolute Gasteiger partial charge is 0.0642 e. The van der Waals surface area contributed by atoms with Crippen molar-refractivity contribution in [2.24, 2.45) is 0 Å². The van der Waals surface area contributed by atoms with Crippen LogP contribution in [0.15, 0.2) is 0 Å². The van der Waals surface area contributed by atoms with E-state index in [-0.39, 0.29) is 12.1 Å². The summed E-state index contributed by atoms with van der Waals surface area (Å²) in [7, 11) is 1.71. The Morgan fingerprint density at radius 1 is 1.38 bits per heavy atom. The summed E-state index contributed by atoms with van der Waals surface area (Å²) in [5.74, 6) is 0. The van der Waals surface area contributed by atoms with Crippen molar-refractivity contribution in [2.75, 3.05) is 20.3 Å². The van der Waals surface area contributed by atoms with Crippen LogP contribution >= 0.6 is 0 Å². The zero-order valence-electron chi connectivity index (χ0n) is 11.4. The molecule has 98 valence electrons. The van der Waals surface area contributed by atoms with Gasteiger partial charge in [0.25, 0.3) is 0 Å². The molecule has 0 aliphatic rings. The lowest BCUT2D eigenvalue weighted by atomic mass is 9.95. The van der Waals surface area contributed by atoms with Gasteiger partial charge in [-0.1, -0.05) is 26.7 Å². The molecule has 3 nitrogen and oxygen atoms in total. The molecule has 3 heteroatoms. The quantitative estimate of drug-likeness (QED) is 0.606. The lowest BCUT2D eigenvalue weighted by molar-refractivity contribution is 0.0880. The zero-order valence-corrected chi connectivity index (χ0v) is 11.4. The first-order valence-corrected chi connectivity index (χ1v) is 6.49. The van der Waals surface area contributed by atoms with E-state index in [4.69, 9.17) is 9.84 Å². The van der Waals surface area contributed by atoms with Crippen molar-refractivity contribution in [3.63, 3.8) is 0 Å². The Morgan fingerprint density at radius 2 is 2.06 bits per heavy atom. The summed E-state index contributed by atoms with van der Waals surface area (Å²) in [5, 5.41) is 12.7. The molecular formula is C13H29NO2. The first-order chi connectivity index (χ1) is 7.61. The van der Waals surface area contributed by atoms with Gasteiger partial charge in [-0.25, -0.2) is 0 Å². The maximum Gasteiger partial charge on any atom is 0.0642 e. The predicted molar refractivity (Wildman–Crippen MR) is 68.7 cm³/mol. The van der Waals surface area contributed by atoms with Gasteiger partial charge in [-0.2, -0.15) is 0 Å². The molecule has 0 aromatic carbocycles. The molecule has 0 rings (SSSR count). The Morgan fingerprint density at radius 3 is 2.50 bits per heavy atom.